The molecule has 0 fully saturated rings. The first-order chi connectivity index (χ1) is 13.9. The second-order valence-corrected chi connectivity index (χ2v) is 7.74. The Morgan fingerprint density at radius 3 is 2.31 bits per heavy atom. The van der Waals surface area contributed by atoms with Crippen molar-refractivity contribution in [1.82, 2.24) is 4.90 Å². The molecule has 1 unspecified atom stereocenters. The van der Waals surface area contributed by atoms with Crippen LogP contribution in [0.3, 0.4) is 0 Å². The number of hydrogen-bond donors (Lipinski definition) is 0. The molecule has 0 N–H and O–H groups in total. The molecule has 0 bridgehead atoms. The summed E-state index contributed by atoms with van der Waals surface area (Å²) in [4.78, 5) is 25.4. The van der Waals surface area contributed by atoms with E-state index in [4.69, 9.17) is 27.9 Å². The second kappa shape index (κ2) is 7.54. The van der Waals surface area contributed by atoms with E-state index in [2.05, 4.69) is 0 Å². The molecule has 0 saturated carbocycles. The molecule has 3 aromatic rings. The van der Waals surface area contributed by atoms with Gasteiger partial charge >= 0.3 is 5.97 Å². The van der Waals surface area contributed by atoms with Gasteiger partial charge in [0.15, 0.2) is 5.00 Å². The van der Waals surface area contributed by atoms with Gasteiger partial charge in [0, 0.05) is 22.7 Å². The Labute approximate surface area is 178 Å². The van der Waals surface area contributed by atoms with Gasteiger partial charge in [-0.2, -0.15) is 0 Å². The number of rotatable bonds is 4. The van der Waals surface area contributed by atoms with E-state index in [0.29, 0.717) is 16.1 Å². The number of amides is 1. The van der Waals surface area contributed by atoms with Crippen molar-refractivity contribution in [3.05, 3.63) is 106 Å². The van der Waals surface area contributed by atoms with Crippen LogP contribution in [0.1, 0.15) is 37.4 Å². The number of ether oxygens (including phenoxy) is 1. The van der Waals surface area contributed by atoms with Crippen LogP contribution in [0.15, 0.2) is 72.8 Å². The molecule has 4 nitrogen and oxygen atoms in total. The SMILES string of the molecule is COC(=O)c1ccc(CN2C(=O)c3ccccc3C2(Cl)c2ccc(Cl)cc2)cc1. The van der Waals surface area contributed by atoms with Gasteiger partial charge in [0.2, 0.25) is 0 Å². The molecular formula is C23H17Cl2NO3. The average Bonchev–Trinajstić information content (AvgIpc) is 2.97. The lowest BCUT2D eigenvalue weighted by atomic mass is 9.97. The Morgan fingerprint density at radius 1 is 1.00 bits per heavy atom. The van der Waals surface area contributed by atoms with Gasteiger partial charge in [-0.25, -0.2) is 4.79 Å². The van der Waals surface area contributed by atoms with E-state index in [1.165, 1.54) is 7.11 Å². The summed E-state index contributed by atoms with van der Waals surface area (Å²) in [5.41, 5.74) is 3.36. The summed E-state index contributed by atoms with van der Waals surface area (Å²) in [6.07, 6.45) is 0. The van der Waals surface area contributed by atoms with Crippen molar-refractivity contribution < 1.29 is 14.3 Å². The maximum Gasteiger partial charge on any atom is 0.337 e. The minimum Gasteiger partial charge on any atom is -0.465 e. The highest BCUT2D eigenvalue weighted by Gasteiger charge is 2.49. The highest BCUT2D eigenvalue weighted by atomic mass is 35.5. The van der Waals surface area contributed by atoms with Crippen LogP contribution < -0.4 is 0 Å². The molecule has 1 atom stereocenters. The number of halogens is 2. The van der Waals surface area contributed by atoms with Crippen LogP contribution in [0.5, 0.6) is 0 Å². The van der Waals surface area contributed by atoms with Gasteiger partial charge in [-0.05, 0) is 41.5 Å². The summed E-state index contributed by atoms with van der Waals surface area (Å²) in [5.74, 6) is -0.559. The third-order valence-corrected chi connectivity index (χ3v) is 5.95. The molecule has 1 amide bonds. The number of esters is 1. The smallest absolute Gasteiger partial charge is 0.337 e. The van der Waals surface area contributed by atoms with Gasteiger partial charge in [-0.15, -0.1) is 0 Å². The monoisotopic (exact) mass is 425 g/mol. The van der Waals surface area contributed by atoms with Crippen LogP contribution >= 0.6 is 23.2 Å². The van der Waals surface area contributed by atoms with Crippen molar-refractivity contribution in [2.24, 2.45) is 0 Å². The maximum atomic E-state index is 13.2. The van der Waals surface area contributed by atoms with Crippen LogP contribution in [0, 0.1) is 0 Å². The molecule has 0 saturated heterocycles. The molecule has 3 aromatic carbocycles. The van der Waals surface area contributed by atoms with Crippen LogP contribution in [-0.2, 0) is 16.3 Å². The van der Waals surface area contributed by atoms with Crippen LogP contribution in [0.25, 0.3) is 0 Å². The first-order valence-corrected chi connectivity index (χ1v) is 9.74. The number of carbonyl (C=O) groups is 2. The molecule has 6 heteroatoms. The number of alkyl halides is 1. The molecule has 0 aromatic heterocycles. The van der Waals surface area contributed by atoms with E-state index in [1.807, 2.05) is 30.3 Å². The molecule has 1 aliphatic rings. The van der Waals surface area contributed by atoms with Crippen LogP contribution in [-0.4, -0.2) is 23.9 Å². The number of methoxy groups -OCH3 is 1. The molecule has 29 heavy (non-hydrogen) atoms. The van der Waals surface area contributed by atoms with E-state index in [9.17, 15) is 9.59 Å². The molecular weight excluding hydrogens is 409 g/mol. The Bertz CT molecular complexity index is 1080. The highest BCUT2D eigenvalue weighted by molar-refractivity contribution is 6.31. The zero-order valence-corrected chi connectivity index (χ0v) is 17.1. The standard InChI is InChI=1S/C23H17Cl2NO3/c1-29-22(28)16-8-6-15(7-9-16)14-26-21(27)19-4-2-3-5-20(19)23(26,25)17-10-12-18(24)13-11-17/h2-13H,14H2,1H3. The molecule has 0 aliphatic carbocycles. The first-order valence-electron chi connectivity index (χ1n) is 8.99. The Hall–Kier alpha value is -2.82. The van der Waals surface area contributed by atoms with Gasteiger partial charge in [0.25, 0.3) is 5.91 Å². The van der Waals surface area contributed by atoms with Crippen LogP contribution in [0.4, 0.5) is 0 Å². The summed E-state index contributed by atoms with van der Waals surface area (Å²) in [6.45, 7) is 0.279. The van der Waals surface area contributed by atoms with Gasteiger partial charge in [0.05, 0.1) is 12.7 Å². The fourth-order valence-electron chi connectivity index (χ4n) is 3.60. The number of carbonyl (C=O) groups excluding carboxylic acids is 2. The average molecular weight is 426 g/mol. The zero-order valence-electron chi connectivity index (χ0n) is 15.6. The predicted octanol–water partition coefficient (Wildman–Crippen LogP) is 5.22. The number of hydrogen-bond acceptors (Lipinski definition) is 3. The molecule has 4 rings (SSSR count). The fourth-order valence-corrected chi connectivity index (χ4v) is 4.15. The predicted molar refractivity (Wildman–Crippen MR) is 112 cm³/mol. The number of benzene rings is 3. The van der Waals surface area contributed by atoms with E-state index in [0.717, 1.165) is 16.7 Å². The van der Waals surface area contributed by atoms with Crippen molar-refractivity contribution in [2.45, 2.75) is 11.5 Å². The van der Waals surface area contributed by atoms with Crippen molar-refractivity contribution in [2.75, 3.05) is 7.11 Å². The summed E-state index contributed by atoms with van der Waals surface area (Å²) in [6, 6.07) is 21.5. The lowest BCUT2D eigenvalue weighted by Crippen LogP contribution is -2.39. The summed E-state index contributed by atoms with van der Waals surface area (Å²) < 4.78 is 4.73. The molecule has 0 radical (unpaired) electrons. The number of nitrogens with zero attached hydrogens (tertiary/aromatic N) is 1. The summed E-state index contributed by atoms with van der Waals surface area (Å²) >= 11 is 13.2. The topological polar surface area (TPSA) is 46.6 Å². The zero-order chi connectivity index (χ0) is 20.6. The highest BCUT2D eigenvalue weighted by Crippen LogP contribution is 2.48. The molecule has 1 aliphatic heterocycles. The Kier molecular flexibility index (Phi) is 5.07. The molecule has 146 valence electrons. The van der Waals surface area contributed by atoms with Crippen molar-refractivity contribution >= 4 is 35.1 Å². The molecule has 0 spiro atoms. The minimum absolute atomic E-state index is 0.150. The normalized spacial score (nSPS) is 17.9. The Morgan fingerprint density at radius 2 is 1.66 bits per heavy atom. The summed E-state index contributed by atoms with van der Waals surface area (Å²) in [7, 11) is 1.34. The minimum atomic E-state index is -1.15. The summed E-state index contributed by atoms with van der Waals surface area (Å²) in [5, 5.41) is 0.594. The van der Waals surface area contributed by atoms with Gasteiger partial charge in [0.1, 0.15) is 0 Å². The second-order valence-electron chi connectivity index (χ2n) is 6.75. The quantitative estimate of drug-likeness (QED) is 0.326. The number of fused-ring (bicyclic) bond motifs is 1. The van der Waals surface area contributed by atoms with E-state index in [1.54, 1.807) is 47.4 Å². The van der Waals surface area contributed by atoms with Gasteiger partial charge in [-0.1, -0.05) is 65.7 Å². The van der Waals surface area contributed by atoms with Gasteiger partial charge in [-0.3, -0.25) is 4.79 Å². The largest absolute Gasteiger partial charge is 0.465 e. The Balaban J connectivity index is 1.76. The van der Waals surface area contributed by atoms with E-state index in [-0.39, 0.29) is 12.5 Å². The third kappa shape index (κ3) is 3.28. The van der Waals surface area contributed by atoms with Crippen molar-refractivity contribution in [3.63, 3.8) is 0 Å². The van der Waals surface area contributed by atoms with Crippen molar-refractivity contribution in [1.29, 1.82) is 0 Å². The first kappa shape index (κ1) is 19.5. The fraction of sp³-hybridized carbons (Fsp3) is 0.130. The molecule has 1 heterocycles. The maximum absolute atomic E-state index is 13.2. The lowest BCUT2D eigenvalue weighted by molar-refractivity contribution is 0.0599. The van der Waals surface area contributed by atoms with E-state index >= 15 is 0 Å². The van der Waals surface area contributed by atoms with Crippen molar-refractivity contribution in [3.8, 4) is 0 Å². The lowest BCUT2D eigenvalue weighted by Gasteiger charge is -2.34. The third-order valence-electron chi connectivity index (χ3n) is 5.07. The van der Waals surface area contributed by atoms with E-state index < -0.39 is 11.0 Å². The van der Waals surface area contributed by atoms with Crippen LogP contribution in [0.2, 0.25) is 5.02 Å². The van der Waals surface area contributed by atoms with Gasteiger partial charge < -0.3 is 9.64 Å².